The minimum absolute atomic E-state index is 0. The molecule has 4 nitrogen and oxygen atoms in total. The molecule has 0 fully saturated rings. The van der Waals surface area contributed by atoms with E-state index in [0.29, 0.717) is 16.7 Å². The number of pyridine rings is 1. The Hall–Kier alpha value is -6.44. The number of imidazole rings is 1. The Morgan fingerprint density at radius 2 is 1.35 bits per heavy atom. The topological polar surface area (TPSA) is 43.9 Å². The largest absolute Gasteiger partial charge is 0 e. The molecule has 0 aliphatic rings. The smallest absolute Gasteiger partial charge is 0 e. The van der Waals surface area contributed by atoms with Crippen molar-refractivity contribution < 1.29 is 31.7 Å². The maximum atomic E-state index is 14.4. The Morgan fingerprint density at radius 3 is 2.04 bits per heavy atom. The van der Waals surface area contributed by atoms with E-state index in [9.17, 15) is 4.39 Å². The first-order chi connectivity index (χ1) is 33.7. The molecule has 0 bridgehead atoms. The maximum absolute atomic E-state index is 14.4. The van der Waals surface area contributed by atoms with Crippen LogP contribution in [-0.2, 0) is 26.5 Å². The molecule has 0 saturated carbocycles. The number of rotatable bonds is 9. The van der Waals surface area contributed by atoms with Gasteiger partial charge in [0.15, 0.2) is 0 Å². The van der Waals surface area contributed by atoms with Crippen molar-refractivity contribution in [2.75, 3.05) is 0 Å². The Balaban J connectivity index is 0.000000204. The first kappa shape index (κ1) is 45.0. The third-order valence-corrected chi connectivity index (χ3v) is 16.9. The van der Waals surface area contributed by atoms with Gasteiger partial charge in [-0.25, -0.2) is 4.39 Å². The molecule has 3 aromatic heterocycles. The number of nitrogens with zero attached hydrogens (tertiary/aromatic N) is 3. The fourth-order valence-electron chi connectivity index (χ4n) is 9.21. The zero-order chi connectivity index (χ0) is 48.9. The number of halogens is 1. The second kappa shape index (κ2) is 19.9. The molecular formula is C62H54FGeIrN3O-2. The number of benzene rings is 8. The van der Waals surface area contributed by atoms with Gasteiger partial charge < -0.3 is 8.98 Å². The van der Waals surface area contributed by atoms with Crippen LogP contribution in [0.4, 0.5) is 4.39 Å². The third kappa shape index (κ3) is 9.63. The summed E-state index contributed by atoms with van der Waals surface area (Å²) in [6, 6.07) is 62.3. The fourth-order valence-corrected chi connectivity index (χ4v) is 12.1. The van der Waals surface area contributed by atoms with E-state index in [2.05, 4.69) is 146 Å². The molecule has 11 aromatic rings. The van der Waals surface area contributed by atoms with Crippen molar-refractivity contribution in [3.63, 3.8) is 0 Å². The van der Waals surface area contributed by atoms with E-state index < -0.39 is 19.6 Å². The van der Waals surface area contributed by atoms with Crippen molar-refractivity contribution in [2.24, 2.45) is 0 Å². The molecule has 0 saturated heterocycles. The summed E-state index contributed by atoms with van der Waals surface area (Å²) in [5.74, 6) is 7.81. The van der Waals surface area contributed by atoms with Gasteiger partial charge in [-0.2, -0.15) is 0 Å². The third-order valence-electron chi connectivity index (χ3n) is 12.6. The Morgan fingerprint density at radius 1 is 0.667 bits per heavy atom. The van der Waals surface area contributed by atoms with Gasteiger partial charge in [0.25, 0.3) is 0 Å². The molecule has 7 heteroatoms. The van der Waals surface area contributed by atoms with Crippen LogP contribution in [0.1, 0.15) is 64.5 Å². The van der Waals surface area contributed by atoms with Crippen molar-refractivity contribution >= 4 is 61.4 Å². The molecule has 0 aliphatic carbocycles. The summed E-state index contributed by atoms with van der Waals surface area (Å²) in [6.07, 6.45) is 0.341. The van der Waals surface area contributed by atoms with E-state index >= 15 is 0 Å². The molecule has 0 aliphatic heterocycles. The van der Waals surface area contributed by atoms with Gasteiger partial charge in [-0.05, 0) is 75.9 Å². The van der Waals surface area contributed by atoms with Crippen molar-refractivity contribution in [3.05, 3.63) is 216 Å². The molecule has 3 heterocycles. The quantitative estimate of drug-likeness (QED) is 0.107. The average Bonchev–Trinajstić information content (AvgIpc) is 3.95. The van der Waals surface area contributed by atoms with Crippen LogP contribution in [0, 0.1) is 17.9 Å². The Bertz CT molecular complexity index is 3670. The predicted octanol–water partition coefficient (Wildman–Crippen LogP) is 16.3. The van der Waals surface area contributed by atoms with E-state index in [1.807, 2.05) is 79.0 Å². The molecule has 8 aromatic carbocycles. The van der Waals surface area contributed by atoms with Gasteiger partial charge in [0.05, 0.1) is 22.4 Å². The van der Waals surface area contributed by atoms with Crippen molar-refractivity contribution in [1.82, 2.24) is 14.5 Å². The second-order valence-corrected chi connectivity index (χ2v) is 29.7. The molecule has 11 rings (SSSR count). The number of fused-ring (bicyclic) bond motifs is 6. The summed E-state index contributed by atoms with van der Waals surface area (Å²) < 4.78 is 41.6. The molecule has 0 N–H and O–H groups in total. The van der Waals surface area contributed by atoms with E-state index in [-0.39, 0.29) is 37.8 Å². The van der Waals surface area contributed by atoms with Crippen LogP contribution in [-0.4, -0.2) is 27.8 Å². The first-order valence-electron chi connectivity index (χ1n) is 24.4. The van der Waals surface area contributed by atoms with E-state index in [1.165, 1.54) is 34.4 Å². The van der Waals surface area contributed by atoms with Gasteiger partial charge in [-0.15, -0.1) is 23.8 Å². The minimum atomic E-state index is -2.30. The number of aromatic nitrogens is 3. The van der Waals surface area contributed by atoms with Crippen LogP contribution in [0.15, 0.2) is 180 Å². The van der Waals surface area contributed by atoms with E-state index in [1.54, 1.807) is 6.07 Å². The molecule has 345 valence electrons. The number of hydrogen-bond acceptors (Lipinski definition) is 3. The zero-order valence-corrected chi connectivity index (χ0v) is 44.4. The normalized spacial score (nSPS) is 12.3. The summed E-state index contributed by atoms with van der Waals surface area (Å²) in [5, 5.41) is 3.88. The van der Waals surface area contributed by atoms with Crippen molar-refractivity contribution in [1.29, 1.82) is 0 Å². The monoisotopic (exact) mass is 1140 g/mol. The van der Waals surface area contributed by atoms with E-state index in [0.717, 1.165) is 70.9 Å². The molecule has 69 heavy (non-hydrogen) atoms. The van der Waals surface area contributed by atoms with Gasteiger partial charge in [0, 0.05) is 36.6 Å². The average molecular weight is 1140 g/mol. The SMILES string of the molecule is CC(C)c1cc(-c2ccccc2)cc(C(C)C)c1-n1c(-c2[c-]cc3oc4ccc(F)cc4c3c2)nc2ccc3ccccc3c21.[2H]C([2H])(c1ccccc1)c1cc(-c2[c-]cccc2)nc[c]1[Ge]([CH3])([CH3])[CH3].[Ir]. The fraction of sp³-hybridized carbons (Fsp3) is 0.161. The summed E-state index contributed by atoms with van der Waals surface area (Å²) in [7, 11) is 0. The van der Waals surface area contributed by atoms with Crippen LogP contribution in [0.2, 0.25) is 17.3 Å². The minimum Gasteiger partial charge on any atom is 0 e. The molecular weight excluding hydrogens is 1090 g/mol. The summed E-state index contributed by atoms with van der Waals surface area (Å²) >= 11 is -2.30. The van der Waals surface area contributed by atoms with Crippen molar-refractivity contribution in [3.8, 4) is 39.5 Å². The molecule has 0 spiro atoms. The summed E-state index contributed by atoms with van der Waals surface area (Å²) in [5.41, 5.74) is 13.3. The van der Waals surface area contributed by atoms with E-state index in [4.69, 9.17) is 12.1 Å². The van der Waals surface area contributed by atoms with Crippen molar-refractivity contribution in [2.45, 2.75) is 63.2 Å². The van der Waals surface area contributed by atoms with Crippen LogP contribution >= 0.6 is 0 Å². The zero-order valence-electron chi connectivity index (χ0n) is 41.9. The second-order valence-electron chi connectivity index (χ2n) is 19.1. The maximum Gasteiger partial charge on any atom is 0 e. The van der Waals surface area contributed by atoms with Crippen LogP contribution in [0.3, 0.4) is 0 Å². The molecule has 0 amide bonds. The Labute approximate surface area is 423 Å². The van der Waals surface area contributed by atoms with Crippen LogP contribution < -0.4 is 4.40 Å². The van der Waals surface area contributed by atoms with Crippen LogP contribution in [0.5, 0.6) is 0 Å². The molecule has 0 atom stereocenters. The predicted molar refractivity (Wildman–Crippen MR) is 284 cm³/mol. The standard InChI is InChI=1S/C41H32FN2O.C21H22GeN.Ir/c1-24(2)32-21-29(26-10-6-5-7-11-26)22-33(25(3)4)39(32)44-40-31-13-9-8-12-27(31)14-17-36(40)43-41(44)28-15-18-37-34(20-28)35-23-30(42)16-19-38(35)45-37;1-22(2,3)20-16-23-21(18-12-8-5-9-13-18)15-19(20)14-17-10-6-4-7-11-17;/h5-14,16-25H,1-4H3;4-12,15-16H,14H2,1-3H3;/q2*-1;/i;14D2;. The van der Waals surface area contributed by atoms with Gasteiger partial charge in [0.2, 0.25) is 0 Å². The van der Waals surface area contributed by atoms with Gasteiger partial charge in [-0.1, -0.05) is 93.7 Å². The van der Waals surface area contributed by atoms with Gasteiger partial charge in [-0.3, -0.25) is 4.98 Å². The molecule has 0 unspecified atom stereocenters. The van der Waals surface area contributed by atoms with Gasteiger partial charge >= 0.3 is 144 Å². The summed E-state index contributed by atoms with van der Waals surface area (Å²) in [4.78, 5) is 9.94. The summed E-state index contributed by atoms with van der Waals surface area (Å²) in [6.45, 7) is 9.05. The van der Waals surface area contributed by atoms with Gasteiger partial charge in [0.1, 0.15) is 11.4 Å². The van der Waals surface area contributed by atoms with Crippen LogP contribution in [0.25, 0.3) is 83.2 Å². The first-order valence-corrected chi connectivity index (χ1v) is 30.7. The molecule has 1 radical (unpaired) electrons. The Kier molecular flexibility index (Phi) is 13.0. The number of hydrogen-bond donors (Lipinski definition) is 0. The number of furan rings is 1.